The van der Waals surface area contributed by atoms with Crippen molar-refractivity contribution in [3.8, 4) is 0 Å². The molecule has 4 nitrogen and oxygen atoms in total. The Hall–Kier alpha value is -1.39. The fourth-order valence-electron chi connectivity index (χ4n) is 1.95. The first-order valence-corrected chi connectivity index (χ1v) is 6.31. The number of ketones is 1. The molecule has 0 saturated carbocycles. The average Bonchev–Trinajstić information content (AvgIpc) is 2.55. The van der Waals surface area contributed by atoms with Crippen molar-refractivity contribution in [3.63, 3.8) is 0 Å². The molecule has 2 rings (SSSR count). The summed E-state index contributed by atoms with van der Waals surface area (Å²) in [5.74, 6) is 0.0395. The van der Waals surface area contributed by atoms with E-state index in [0.29, 0.717) is 43.2 Å². The van der Waals surface area contributed by atoms with Crippen LogP contribution in [0.25, 0.3) is 0 Å². The van der Waals surface area contributed by atoms with E-state index in [4.69, 9.17) is 11.6 Å². The Bertz CT molecular complexity index is 462. The van der Waals surface area contributed by atoms with E-state index < -0.39 is 0 Å². The first-order valence-electron chi connectivity index (χ1n) is 5.93. The lowest BCUT2D eigenvalue weighted by Gasteiger charge is -2.18. The van der Waals surface area contributed by atoms with Crippen molar-refractivity contribution in [2.75, 3.05) is 26.2 Å². The summed E-state index contributed by atoms with van der Waals surface area (Å²) < 4.78 is 0. The van der Waals surface area contributed by atoms with Crippen LogP contribution in [0.2, 0.25) is 5.02 Å². The molecule has 1 aromatic rings. The summed E-state index contributed by atoms with van der Waals surface area (Å²) in [6.07, 6.45) is 0.440. The number of halogens is 1. The standard InChI is InChI=1S/C13H15ClN2O2/c14-11-4-2-1-3-10(11)12(17)9-16-7-5-13(18)15-6-8-16/h1-4H,5-9H2,(H,15,18). The minimum absolute atomic E-state index is 0.00468. The summed E-state index contributed by atoms with van der Waals surface area (Å²) in [4.78, 5) is 25.3. The van der Waals surface area contributed by atoms with E-state index in [2.05, 4.69) is 5.32 Å². The van der Waals surface area contributed by atoms with Gasteiger partial charge in [0.25, 0.3) is 0 Å². The van der Waals surface area contributed by atoms with Gasteiger partial charge < -0.3 is 5.32 Å². The number of carbonyl (C=O) groups excluding carboxylic acids is 2. The molecule has 0 spiro atoms. The highest BCUT2D eigenvalue weighted by Crippen LogP contribution is 2.16. The molecule has 1 amide bonds. The quantitative estimate of drug-likeness (QED) is 0.840. The van der Waals surface area contributed by atoms with Gasteiger partial charge in [0.2, 0.25) is 5.91 Å². The molecule has 18 heavy (non-hydrogen) atoms. The van der Waals surface area contributed by atoms with Gasteiger partial charge in [-0.25, -0.2) is 0 Å². The topological polar surface area (TPSA) is 49.4 Å². The number of hydrogen-bond donors (Lipinski definition) is 1. The lowest BCUT2D eigenvalue weighted by atomic mass is 10.1. The lowest BCUT2D eigenvalue weighted by molar-refractivity contribution is -0.120. The van der Waals surface area contributed by atoms with Gasteiger partial charge in [0, 0.05) is 31.6 Å². The van der Waals surface area contributed by atoms with E-state index in [-0.39, 0.29) is 11.7 Å². The molecular formula is C13H15ClN2O2. The first-order chi connectivity index (χ1) is 8.66. The van der Waals surface area contributed by atoms with Gasteiger partial charge in [-0.2, -0.15) is 0 Å². The minimum Gasteiger partial charge on any atom is -0.355 e. The Morgan fingerprint density at radius 1 is 1.33 bits per heavy atom. The van der Waals surface area contributed by atoms with E-state index in [0.717, 1.165) is 0 Å². The number of nitrogens with one attached hydrogen (secondary N) is 1. The summed E-state index contributed by atoms with van der Waals surface area (Å²) in [7, 11) is 0. The van der Waals surface area contributed by atoms with Gasteiger partial charge in [0.15, 0.2) is 5.78 Å². The summed E-state index contributed by atoms with van der Waals surface area (Å²) in [5, 5.41) is 3.26. The molecule has 1 saturated heterocycles. The van der Waals surface area contributed by atoms with Crippen molar-refractivity contribution < 1.29 is 9.59 Å². The van der Waals surface area contributed by atoms with Crippen LogP contribution in [0.3, 0.4) is 0 Å². The van der Waals surface area contributed by atoms with Crippen LogP contribution in [0.5, 0.6) is 0 Å². The second-order valence-electron chi connectivity index (χ2n) is 4.28. The molecule has 1 aliphatic rings. The van der Waals surface area contributed by atoms with Gasteiger partial charge >= 0.3 is 0 Å². The van der Waals surface area contributed by atoms with E-state index in [1.807, 2.05) is 4.90 Å². The smallest absolute Gasteiger partial charge is 0.221 e. The lowest BCUT2D eigenvalue weighted by Crippen LogP contribution is -2.33. The van der Waals surface area contributed by atoms with Crippen LogP contribution < -0.4 is 5.32 Å². The molecule has 5 heteroatoms. The van der Waals surface area contributed by atoms with Crippen molar-refractivity contribution >= 4 is 23.3 Å². The van der Waals surface area contributed by atoms with E-state index in [1.165, 1.54) is 0 Å². The SMILES string of the molecule is O=C1CCN(CC(=O)c2ccccc2Cl)CCN1. The third-order valence-electron chi connectivity index (χ3n) is 2.95. The van der Waals surface area contributed by atoms with Crippen molar-refractivity contribution in [3.05, 3.63) is 34.9 Å². The van der Waals surface area contributed by atoms with Crippen molar-refractivity contribution in [1.29, 1.82) is 0 Å². The van der Waals surface area contributed by atoms with Crippen LogP contribution in [0.1, 0.15) is 16.8 Å². The monoisotopic (exact) mass is 266 g/mol. The molecule has 96 valence electrons. The summed E-state index contributed by atoms with van der Waals surface area (Å²) in [6.45, 7) is 2.21. The molecule has 1 N–H and O–H groups in total. The zero-order valence-corrected chi connectivity index (χ0v) is 10.7. The van der Waals surface area contributed by atoms with Gasteiger partial charge in [0.1, 0.15) is 0 Å². The number of carbonyl (C=O) groups is 2. The van der Waals surface area contributed by atoms with Crippen molar-refractivity contribution in [2.24, 2.45) is 0 Å². The maximum Gasteiger partial charge on any atom is 0.221 e. The van der Waals surface area contributed by atoms with Crippen LogP contribution in [0, 0.1) is 0 Å². The van der Waals surface area contributed by atoms with E-state index in [9.17, 15) is 9.59 Å². The zero-order valence-electron chi connectivity index (χ0n) is 9.99. The number of benzene rings is 1. The first kappa shape index (κ1) is 13.1. The number of rotatable bonds is 3. The van der Waals surface area contributed by atoms with Gasteiger partial charge in [-0.15, -0.1) is 0 Å². The largest absolute Gasteiger partial charge is 0.355 e. The molecule has 0 aromatic heterocycles. The molecule has 0 aliphatic carbocycles. The number of hydrogen-bond acceptors (Lipinski definition) is 3. The second-order valence-corrected chi connectivity index (χ2v) is 4.69. The molecule has 1 heterocycles. The molecule has 1 aromatic carbocycles. The van der Waals surface area contributed by atoms with Gasteiger partial charge in [-0.05, 0) is 12.1 Å². The second kappa shape index (κ2) is 5.98. The highest BCUT2D eigenvalue weighted by Gasteiger charge is 2.18. The normalized spacial score (nSPS) is 17.1. The fraction of sp³-hybridized carbons (Fsp3) is 0.385. The Kier molecular flexibility index (Phi) is 4.33. The van der Waals surface area contributed by atoms with Gasteiger partial charge in [-0.1, -0.05) is 23.7 Å². The summed E-state index contributed by atoms with van der Waals surface area (Å²) in [5.41, 5.74) is 0.544. The average molecular weight is 267 g/mol. The maximum absolute atomic E-state index is 12.1. The number of Topliss-reactive ketones (excluding diaryl/α,β-unsaturated/α-hetero) is 1. The number of amides is 1. The van der Waals surface area contributed by atoms with Crippen molar-refractivity contribution in [2.45, 2.75) is 6.42 Å². The number of nitrogens with zero attached hydrogens (tertiary/aromatic N) is 1. The highest BCUT2D eigenvalue weighted by molar-refractivity contribution is 6.34. The Balaban J connectivity index is 1.99. The van der Waals surface area contributed by atoms with E-state index in [1.54, 1.807) is 24.3 Å². The third kappa shape index (κ3) is 3.31. The van der Waals surface area contributed by atoms with E-state index >= 15 is 0 Å². The van der Waals surface area contributed by atoms with Crippen LogP contribution in [0.15, 0.2) is 24.3 Å². The molecule has 0 radical (unpaired) electrons. The van der Waals surface area contributed by atoms with Crippen LogP contribution in [-0.2, 0) is 4.79 Å². The summed E-state index contributed by atoms with van der Waals surface area (Å²) >= 11 is 5.99. The molecule has 1 aliphatic heterocycles. The maximum atomic E-state index is 12.1. The van der Waals surface area contributed by atoms with Crippen molar-refractivity contribution in [1.82, 2.24) is 10.2 Å². The Morgan fingerprint density at radius 2 is 2.11 bits per heavy atom. The predicted molar refractivity (Wildman–Crippen MR) is 69.8 cm³/mol. The molecule has 0 bridgehead atoms. The Labute approximate surface area is 111 Å². The molecule has 0 atom stereocenters. The highest BCUT2D eigenvalue weighted by atomic mass is 35.5. The molecule has 1 fully saturated rings. The van der Waals surface area contributed by atoms with Crippen LogP contribution >= 0.6 is 11.6 Å². The fourth-order valence-corrected chi connectivity index (χ4v) is 2.19. The summed E-state index contributed by atoms with van der Waals surface area (Å²) in [6, 6.07) is 7.04. The molecular weight excluding hydrogens is 252 g/mol. The van der Waals surface area contributed by atoms with Gasteiger partial charge in [0.05, 0.1) is 11.6 Å². The molecule has 0 unspecified atom stereocenters. The zero-order chi connectivity index (χ0) is 13.0. The predicted octanol–water partition coefficient (Wildman–Crippen LogP) is 1.34. The van der Waals surface area contributed by atoms with Crippen LogP contribution in [-0.4, -0.2) is 42.8 Å². The Morgan fingerprint density at radius 3 is 2.89 bits per heavy atom. The minimum atomic E-state index is -0.00468. The van der Waals surface area contributed by atoms with Gasteiger partial charge in [-0.3, -0.25) is 14.5 Å². The third-order valence-corrected chi connectivity index (χ3v) is 3.28. The van der Waals surface area contributed by atoms with Crippen LogP contribution in [0.4, 0.5) is 0 Å².